The van der Waals surface area contributed by atoms with E-state index in [4.69, 9.17) is 4.74 Å². The van der Waals surface area contributed by atoms with Gasteiger partial charge in [-0.25, -0.2) is 4.79 Å². The minimum absolute atomic E-state index is 0.294. The Hall–Kier alpha value is -1.78. The van der Waals surface area contributed by atoms with Crippen LogP contribution in [0, 0.1) is 0 Å². The van der Waals surface area contributed by atoms with Gasteiger partial charge in [0.25, 0.3) is 0 Å². The molecule has 0 spiro atoms. The maximum absolute atomic E-state index is 11.6. The fourth-order valence-electron chi connectivity index (χ4n) is 2.32. The molecule has 0 amide bonds. The smallest absolute Gasteiger partial charge is 0.337 e. The van der Waals surface area contributed by atoms with E-state index in [-0.39, 0.29) is 5.97 Å². The molecule has 0 bridgehead atoms. The molecule has 0 aliphatic rings. The lowest BCUT2D eigenvalue weighted by molar-refractivity contribution is 0.0600. The lowest BCUT2D eigenvalue weighted by Gasteiger charge is -2.17. The van der Waals surface area contributed by atoms with Gasteiger partial charge in [0.1, 0.15) is 0 Å². The average molecular weight is 315 g/mol. The molecule has 0 aromatic heterocycles. The number of hydrogen-bond acceptors (Lipinski definition) is 4. The summed E-state index contributed by atoms with van der Waals surface area (Å²) in [7, 11) is 3.48. The molecule has 0 saturated carbocycles. The zero-order valence-corrected chi connectivity index (χ0v) is 14.0. The Kier molecular flexibility index (Phi) is 6.04. The zero-order valence-electron chi connectivity index (χ0n) is 13.2. The van der Waals surface area contributed by atoms with E-state index in [0.717, 1.165) is 18.7 Å². The number of esters is 1. The standard InChI is InChI=1S/C18H21NO2S/c1-19(12-14-7-9-17(22-3)10-8-14)13-15-5-4-6-16(11-15)18(20)21-2/h4-11H,12-13H2,1-3H3. The monoisotopic (exact) mass is 315 g/mol. The van der Waals surface area contributed by atoms with Gasteiger partial charge in [0, 0.05) is 18.0 Å². The Bertz CT molecular complexity index is 625. The van der Waals surface area contributed by atoms with Gasteiger partial charge in [0.15, 0.2) is 0 Å². The van der Waals surface area contributed by atoms with E-state index in [1.54, 1.807) is 17.8 Å². The van der Waals surface area contributed by atoms with Gasteiger partial charge in [0.2, 0.25) is 0 Å². The van der Waals surface area contributed by atoms with E-state index in [9.17, 15) is 4.79 Å². The summed E-state index contributed by atoms with van der Waals surface area (Å²) in [5.74, 6) is -0.294. The van der Waals surface area contributed by atoms with Crippen molar-refractivity contribution in [2.45, 2.75) is 18.0 Å². The van der Waals surface area contributed by atoms with Gasteiger partial charge < -0.3 is 4.74 Å². The zero-order chi connectivity index (χ0) is 15.9. The second-order valence-corrected chi connectivity index (χ2v) is 6.09. The van der Waals surface area contributed by atoms with Crippen molar-refractivity contribution in [2.24, 2.45) is 0 Å². The van der Waals surface area contributed by atoms with Crippen LogP contribution in [0.5, 0.6) is 0 Å². The highest BCUT2D eigenvalue weighted by atomic mass is 32.2. The number of ether oxygens (including phenoxy) is 1. The van der Waals surface area contributed by atoms with E-state index in [2.05, 4.69) is 42.5 Å². The Labute approximate surface area is 136 Å². The molecule has 22 heavy (non-hydrogen) atoms. The molecule has 0 fully saturated rings. The van der Waals surface area contributed by atoms with Crippen LogP contribution in [-0.4, -0.2) is 31.3 Å². The fraction of sp³-hybridized carbons (Fsp3) is 0.278. The minimum Gasteiger partial charge on any atom is -0.465 e. The van der Waals surface area contributed by atoms with E-state index in [1.165, 1.54) is 17.6 Å². The highest BCUT2D eigenvalue weighted by Crippen LogP contribution is 2.16. The van der Waals surface area contributed by atoms with Crippen LogP contribution in [0.3, 0.4) is 0 Å². The molecule has 0 atom stereocenters. The number of carbonyl (C=O) groups is 1. The van der Waals surface area contributed by atoms with Crippen LogP contribution in [0.4, 0.5) is 0 Å². The number of carbonyl (C=O) groups excluding carboxylic acids is 1. The molecule has 3 nitrogen and oxygen atoms in total. The summed E-state index contributed by atoms with van der Waals surface area (Å²) in [5, 5.41) is 0. The van der Waals surface area contributed by atoms with Crippen molar-refractivity contribution >= 4 is 17.7 Å². The maximum Gasteiger partial charge on any atom is 0.337 e. The van der Waals surface area contributed by atoms with Crippen LogP contribution in [0.25, 0.3) is 0 Å². The Morgan fingerprint density at radius 1 is 1.09 bits per heavy atom. The molecule has 2 aromatic carbocycles. The first-order valence-corrected chi connectivity index (χ1v) is 8.33. The summed E-state index contributed by atoms with van der Waals surface area (Å²) in [6, 6.07) is 16.2. The van der Waals surface area contributed by atoms with Crippen molar-refractivity contribution in [1.82, 2.24) is 4.90 Å². The normalized spacial score (nSPS) is 10.7. The van der Waals surface area contributed by atoms with Crippen LogP contribution >= 0.6 is 11.8 Å². The molecule has 0 unspecified atom stereocenters. The van der Waals surface area contributed by atoms with Crippen molar-refractivity contribution in [2.75, 3.05) is 20.4 Å². The van der Waals surface area contributed by atoms with Gasteiger partial charge >= 0.3 is 5.97 Å². The maximum atomic E-state index is 11.6. The summed E-state index contributed by atoms with van der Waals surface area (Å²) in [4.78, 5) is 15.1. The van der Waals surface area contributed by atoms with E-state index in [0.29, 0.717) is 5.56 Å². The SMILES string of the molecule is COC(=O)c1cccc(CN(C)Cc2ccc(SC)cc2)c1. The van der Waals surface area contributed by atoms with Crippen molar-refractivity contribution in [3.8, 4) is 0 Å². The molecule has 0 aliphatic heterocycles. The van der Waals surface area contributed by atoms with Gasteiger partial charge in [-0.1, -0.05) is 24.3 Å². The molecule has 0 aliphatic carbocycles. The van der Waals surface area contributed by atoms with Gasteiger partial charge in [-0.05, 0) is 48.7 Å². The summed E-state index contributed by atoms with van der Waals surface area (Å²) >= 11 is 1.75. The predicted molar refractivity (Wildman–Crippen MR) is 91.2 cm³/mol. The number of methoxy groups -OCH3 is 1. The van der Waals surface area contributed by atoms with E-state index in [1.807, 2.05) is 18.2 Å². The third-order valence-corrected chi connectivity index (χ3v) is 4.16. The topological polar surface area (TPSA) is 29.5 Å². The Morgan fingerprint density at radius 3 is 2.41 bits per heavy atom. The Balaban J connectivity index is 1.99. The van der Waals surface area contributed by atoms with Crippen molar-refractivity contribution < 1.29 is 9.53 Å². The second-order valence-electron chi connectivity index (χ2n) is 5.21. The van der Waals surface area contributed by atoms with Crippen LogP contribution in [-0.2, 0) is 17.8 Å². The van der Waals surface area contributed by atoms with Crippen LogP contribution in [0.1, 0.15) is 21.5 Å². The Morgan fingerprint density at radius 2 is 1.77 bits per heavy atom. The number of nitrogens with zero attached hydrogens (tertiary/aromatic N) is 1. The minimum atomic E-state index is -0.294. The summed E-state index contributed by atoms with van der Waals surface area (Å²) in [5.41, 5.74) is 2.98. The quantitative estimate of drug-likeness (QED) is 0.598. The third kappa shape index (κ3) is 4.61. The third-order valence-electron chi connectivity index (χ3n) is 3.41. The van der Waals surface area contributed by atoms with Crippen molar-refractivity contribution in [1.29, 1.82) is 0 Å². The first-order chi connectivity index (χ1) is 10.6. The molecule has 2 aromatic rings. The molecule has 116 valence electrons. The molecule has 0 N–H and O–H groups in total. The largest absolute Gasteiger partial charge is 0.465 e. The van der Waals surface area contributed by atoms with Crippen LogP contribution in [0.2, 0.25) is 0 Å². The second kappa shape index (κ2) is 8.01. The number of rotatable bonds is 6. The van der Waals surface area contributed by atoms with Crippen LogP contribution < -0.4 is 0 Å². The lowest BCUT2D eigenvalue weighted by Crippen LogP contribution is -2.17. The molecule has 0 heterocycles. The van der Waals surface area contributed by atoms with E-state index >= 15 is 0 Å². The molecule has 0 saturated heterocycles. The summed E-state index contributed by atoms with van der Waals surface area (Å²) in [6.45, 7) is 1.66. The molecule has 2 rings (SSSR count). The molecule has 0 radical (unpaired) electrons. The first kappa shape index (κ1) is 16.6. The molecular weight excluding hydrogens is 294 g/mol. The highest BCUT2D eigenvalue weighted by molar-refractivity contribution is 7.98. The molecular formula is C18H21NO2S. The predicted octanol–water partition coefficient (Wildman–Crippen LogP) is 3.83. The van der Waals surface area contributed by atoms with Crippen molar-refractivity contribution in [3.63, 3.8) is 0 Å². The van der Waals surface area contributed by atoms with Crippen molar-refractivity contribution in [3.05, 3.63) is 65.2 Å². The number of thioether (sulfide) groups is 1. The lowest BCUT2D eigenvalue weighted by atomic mass is 10.1. The van der Waals surface area contributed by atoms with Gasteiger partial charge in [-0.2, -0.15) is 0 Å². The summed E-state index contributed by atoms with van der Waals surface area (Å²) in [6.07, 6.45) is 2.08. The molecule has 4 heteroatoms. The summed E-state index contributed by atoms with van der Waals surface area (Å²) < 4.78 is 4.76. The van der Waals surface area contributed by atoms with Crippen LogP contribution in [0.15, 0.2) is 53.4 Å². The number of benzene rings is 2. The van der Waals surface area contributed by atoms with Gasteiger partial charge in [-0.3, -0.25) is 4.90 Å². The number of hydrogen-bond donors (Lipinski definition) is 0. The average Bonchev–Trinajstić information content (AvgIpc) is 2.55. The van der Waals surface area contributed by atoms with E-state index < -0.39 is 0 Å². The first-order valence-electron chi connectivity index (χ1n) is 7.11. The fourth-order valence-corrected chi connectivity index (χ4v) is 2.73. The highest BCUT2D eigenvalue weighted by Gasteiger charge is 2.07. The van der Waals surface area contributed by atoms with Gasteiger partial charge in [-0.15, -0.1) is 11.8 Å². The van der Waals surface area contributed by atoms with Gasteiger partial charge in [0.05, 0.1) is 12.7 Å².